The Labute approximate surface area is 110 Å². The third kappa shape index (κ3) is 4.82. The Hall–Kier alpha value is -0.320. The van der Waals surface area contributed by atoms with Crippen LogP contribution >= 0.6 is 12.4 Å². The van der Waals surface area contributed by atoms with Crippen LogP contribution in [-0.4, -0.2) is 31.7 Å². The molecule has 1 fully saturated rings. The Kier molecular flexibility index (Phi) is 6.45. The van der Waals surface area contributed by atoms with E-state index in [9.17, 15) is 4.79 Å². The van der Waals surface area contributed by atoms with Gasteiger partial charge in [0.05, 0.1) is 5.41 Å². The van der Waals surface area contributed by atoms with E-state index in [1.165, 1.54) is 0 Å². The first kappa shape index (κ1) is 16.7. The summed E-state index contributed by atoms with van der Waals surface area (Å²) < 4.78 is 5.06. The van der Waals surface area contributed by atoms with Gasteiger partial charge in [0, 0.05) is 25.8 Å². The predicted octanol–water partition coefficient (Wildman–Crippen LogP) is 1.47. The molecule has 0 spiro atoms. The van der Waals surface area contributed by atoms with Gasteiger partial charge in [0.25, 0.3) is 0 Å². The van der Waals surface area contributed by atoms with E-state index in [0.717, 1.165) is 25.7 Å². The lowest BCUT2D eigenvalue weighted by Crippen LogP contribution is -2.52. The molecule has 0 aliphatic heterocycles. The van der Waals surface area contributed by atoms with E-state index in [1.807, 2.05) is 13.8 Å². The van der Waals surface area contributed by atoms with E-state index in [0.29, 0.717) is 13.2 Å². The van der Waals surface area contributed by atoms with Crippen LogP contribution in [0.4, 0.5) is 0 Å². The molecule has 1 rings (SSSR count). The van der Waals surface area contributed by atoms with Gasteiger partial charge >= 0.3 is 0 Å². The third-order valence-corrected chi connectivity index (χ3v) is 3.28. The molecule has 5 heteroatoms. The van der Waals surface area contributed by atoms with Crippen molar-refractivity contribution >= 4 is 18.3 Å². The van der Waals surface area contributed by atoms with Gasteiger partial charge in [0.2, 0.25) is 5.91 Å². The summed E-state index contributed by atoms with van der Waals surface area (Å²) in [7, 11) is 1.67. The van der Waals surface area contributed by atoms with Crippen LogP contribution in [0.15, 0.2) is 0 Å². The van der Waals surface area contributed by atoms with Crippen molar-refractivity contribution in [3.05, 3.63) is 0 Å². The summed E-state index contributed by atoms with van der Waals surface area (Å²) in [6.45, 7) is 5.01. The summed E-state index contributed by atoms with van der Waals surface area (Å²) in [5, 5.41) is 2.95. The third-order valence-electron chi connectivity index (χ3n) is 3.28. The van der Waals surface area contributed by atoms with Gasteiger partial charge in [-0.05, 0) is 33.1 Å². The van der Waals surface area contributed by atoms with E-state index in [2.05, 4.69) is 5.32 Å². The summed E-state index contributed by atoms with van der Waals surface area (Å²) in [5.74, 6) is 0.148. The van der Waals surface area contributed by atoms with E-state index >= 15 is 0 Å². The van der Waals surface area contributed by atoms with Gasteiger partial charge in [0.15, 0.2) is 0 Å². The molecule has 0 unspecified atom stereocenters. The molecule has 4 nitrogen and oxygen atoms in total. The van der Waals surface area contributed by atoms with Crippen molar-refractivity contribution in [1.82, 2.24) is 5.32 Å². The second kappa shape index (κ2) is 6.57. The number of rotatable bonds is 6. The molecular weight excluding hydrogens is 240 g/mol. The Bertz CT molecular complexity index is 247. The van der Waals surface area contributed by atoms with Gasteiger partial charge in [-0.2, -0.15) is 0 Å². The molecule has 0 saturated heterocycles. The zero-order chi connectivity index (χ0) is 12.2. The number of carbonyl (C=O) groups is 1. The van der Waals surface area contributed by atoms with Gasteiger partial charge in [-0.3, -0.25) is 4.79 Å². The molecule has 102 valence electrons. The van der Waals surface area contributed by atoms with Gasteiger partial charge in [-0.15, -0.1) is 12.4 Å². The van der Waals surface area contributed by atoms with E-state index < -0.39 is 0 Å². The highest BCUT2D eigenvalue weighted by molar-refractivity contribution is 5.85. The largest absolute Gasteiger partial charge is 0.385 e. The minimum absolute atomic E-state index is 0. The van der Waals surface area contributed by atoms with Crippen molar-refractivity contribution in [2.24, 2.45) is 11.1 Å². The first-order valence-corrected chi connectivity index (χ1v) is 5.96. The monoisotopic (exact) mass is 264 g/mol. The van der Waals surface area contributed by atoms with Crippen LogP contribution in [0.5, 0.6) is 0 Å². The number of methoxy groups -OCH3 is 1. The molecule has 0 aromatic heterocycles. The number of halogens is 1. The molecule has 0 heterocycles. The summed E-state index contributed by atoms with van der Waals surface area (Å²) in [6.07, 6.45) is 3.92. The molecular formula is C12H25ClN2O2. The standard InChI is InChI=1S/C12H24N2O2.ClH/c1-11(2,13)9-14-10(15)12(5-4-6-12)7-8-16-3;/h4-9,13H2,1-3H3,(H,14,15);1H. The maximum absolute atomic E-state index is 12.1. The minimum atomic E-state index is -0.345. The zero-order valence-corrected chi connectivity index (χ0v) is 11.9. The number of ether oxygens (including phenoxy) is 1. The predicted molar refractivity (Wildman–Crippen MR) is 71.3 cm³/mol. The normalized spacial score (nSPS) is 17.9. The van der Waals surface area contributed by atoms with Crippen LogP contribution in [0.1, 0.15) is 39.5 Å². The molecule has 1 saturated carbocycles. The summed E-state index contributed by atoms with van der Waals surface area (Å²) in [4.78, 5) is 12.1. The Balaban J connectivity index is 0.00000256. The molecule has 0 atom stereocenters. The molecule has 1 aliphatic rings. The maximum atomic E-state index is 12.1. The first-order valence-electron chi connectivity index (χ1n) is 5.96. The maximum Gasteiger partial charge on any atom is 0.226 e. The average Bonchev–Trinajstić information content (AvgIpc) is 2.12. The fraction of sp³-hybridized carbons (Fsp3) is 0.917. The first-order chi connectivity index (χ1) is 7.40. The number of nitrogens with two attached hydrogens (primary N) is 1. The van der Waals surface area contributed by atoms with Crippen LogP contribution in [0, 0.1) is 5.41 Å². The topological polar surface area (TPSA) is 64.3 Å². The van der Waals surface area contributed by atoms with Gasteiger partial charge in [0.1, 0.15) is 0 Å². The molecule has 17 heavy (non-hydrogen) atoms. The summed E-state index contributed by atoms with van der Waals surface area (Å²) in [6, 6.07) is 0. The molecule has 3 N–H and O–H groups in total. The number of nitrogens with one attached hydrogen (secondary N) is 1. The smallest absolute Gasteiger partial charge is 0.226 e. The quantitative estimate of drug-likeness (QED) is 0.764. The van der Waals surface area contributed by atoms with E-state index in [-0.39, 0.29) is 29.3 Å². The Morgan fingerprint density at radius 1 is 1.47 bits per heavy atom. The lowest BCUT2D eigenvalue weighted by molar-refractivity contribution is -0.137. The van der Waals surface area contributed by atoms with Gasteiger partial charge in [-0.1, -0.05) is 6.42 Å². The zero-order valence-electron chi connectivity index (χ0n) is 11.0. The molecule has 0 bridgehead atoms. The lowest BCUT2D eigenvalue weighted by atomic mass is 9.66. The van der Waals surface area contributed by atoms with E-state index in [4.69, 9.17) is 10.5 Å². The van der Waals surface area contributed by atoms with Crippen LogP contribution in [0.2, 0.25) is 0 Å². The highest BCUT2D eigenvalue weighted by Crippen LogP contribution is 2.44. The van der Waals surface area contributed by atoms with Gasteiger partial charge < -0.3 is 15.8 Å². The Morgan fingerprint density at radius 2 is 2.06 bits per heavy atom. The van der Waals surface area contributed by atoms with Crippen molar-refractivity contribution in [1.29, 1.82) is 0 Å². The fourth-order valence-corrected chi connectivity index (χ4v) is 1.99. The molecule has 1 amide bonds. The molecule has 0 radical (unpaired) electrons. The number of carbonyl (C=O) groups excluding carboxylic acids is 1. The number of hydrogen-bond acceptors (Lipinski definition) is 3. The number of amides is 1. The molecule has 0 aromatic carbocycles. The highest BCUT2D eigenvalue weighted by Gasteiger charge is 2.43. The van der Waals surface area contributed by atoms with Crippen LogP contribution in [-0.2, 0) is 9.53 Å². The van der Waals surface area contributed by atoms with E-state index in [1.54, 1.807) is 7.11 Å². The van der Waals surface area contributed by atoms with Crippen molar-refractivity contribution < 1.29 is 9.53 Å². The second-order valence-electron chi connectivity index (χ2n) is 5.55. The molecule has 0 aromatic rings. The van der Waals surface area contributed by atoms with Crippen molar-refractivity contribution in [3.63, 3.8) is 0 Å². The summed E-state index contributed by atoms with van der Waals surface area (Å²) in [5.41, 5.74) is 5.32. The Morgan fingerprint density at radius 3 is 2.41 bits per heavy atom. The summed E-state index contributed by atoms with van der Waals surface area (Å²) >= 11 is 0. The second-order valence-corrected chi connectivity index (χ2v) is 5.55. The van der Waals surface area contributed by atoms with Gasteiger partial charge in [-0.25, -0.2) is 0 Å². The molecule has 1 aliphatic carbocycles. The van der Waals surface area contributed by atoms with Crippen molar-refractivity contribution in [2.45, 2.75) is 45.1 Å². The van der Waals surface area contributed by atoms with Crippen LogP contribution in [0.3, 0.4) is 0 Å². The van der Waals surface area contributed by atoms with Crippen LogP contribution in [0.25, 0.3) is 0 Å². The number of hydrogen-bond donors (Lipinski definition) is 2. The average molecular weight is 265 g/mol. The highest BCUT2D eigenvalue weighted by atomic mass is 35.5. The minimum Gasteiger partial charge on any atom is -0.385 e. The van der Waals surface area contributed by atoms with Crippen molar-refractivity contribution in [3.8, 4) is 0 Å². The lowest BCUT2D eigenvalue weighted by Gasteiger charge is -2.40. The van der Waals surface area contributed by atoms with Crippen LogP contribution < -0.4 is 11.1 Å². The van der Waals surface area contributed by atoms with Crippen molar-refractivity contribution in [2.75, 3.05) is 20.3 Å². The SMILES string of the molecule is COCCC1(C(=O)NCC(C)(C)N)CCC1.Cl. The fourth-order valence-electron chi connectivity index (χ4n) is 1.99.